The van der Waals surface area contributed by atoms with E-state index in [-0.39, 0.29) is 0 Å². The fraction of sp³-hybridized carbons (Fsp3) is 1.00. The topological polar surface area (TPSA) is 0 Å². The molecule has 0 N–H and O–H groups in total. The molecule has 15 heavy (non-hydrogen) atoms. The van der Waals surface area contributed by atoms with E-state index in [1.807, 2.05) is 0 Å². The Labute approximate surface area is 96.8 Å². The Balaban J connectivity index is 2.29. The summed E-state index contributed by atoms with van der Waals surface area (Å²) >= 11 is 0. The highest BCUT2D eigenvalue weighted by atomic mass is 14.3. The van der Waals surface area contributed by atoms with E-state index in [4.69, 9.17) is 0 Å². The monoisotopic (exact) mass is 210 g/mol. The minimum absolute atomic E-state index is 0.963. The highest BCUT2D eigenvalue weighted by molar-refractivity contribution is 4.76. The summed E-state index contributed by atoms with van der Waals surface area (Å²) in [4.78, 5) is 0. The van der Waals surface area contributed by atoms with Crippen LogP contribution in [0.4, 0.5) is 0 Å². The van der Waals surface area contributed by atoms with Crippen LogP contribution in [-0.4, -0.2) is 0 Å². The first kappa shape index (κ1) is 13.1. The first-order chi connectivity index (χ1) is 7.17. The van der Waals surface area contributed by atoms with Crippen LogP contribution in [0.2, 0.25) is 0 Å². The molecule has 1 rings (SSSR count). The van der Waals surface area contributed by atoms with Gasteiger partial charge in [-0.25, -0.2) is 0 Å². The minimum Gasteiger partial charge on any atom is -0.0654 e. The van der Waals surface area contributed by atoms with E-state index in [1.54, 1.807) is 0 Å². The van der Waals surface area contributed by atoms with Gasteiger partial charge in [0.1, 0.15) is 0 Å². The molecule has 0 spiro atoms. The van der Waals surface area contributed by atoms with Crippen molar-refractivity contribution in [1.82, 2.24) is 0 Å². The van der Waals surface area contributed by atoms with Crippen LogP contribution in [-0.2, 0) is 0 Å². The Bertz CT molecular complexity index is 161. The number of rotatable bonds is 6. The first-order valence-electron chi connectivity index (χ1n) is 7.17. The van der Waals surface area contributed by atoms with Crippen molar-refractivity contribution >= 4 is 0 Å². The largest absolute Gasteiger partial charge is 0.0654 e. The molecule has 0 aromatic carbocycles. The number of hydrogen-bond acceptors (Lipinski definition) is 0. The van der Waals surface area contributed by atoms with Gasteiger partial charge in [0.2, 0.25) is 0 Å². The predicted octanol–water partition coefficient (Wildman–Crippen LogP) is 5.28. The summed E-state index contributed by atoms with van der Waals surface area (Å²) < 4.78 is 0. The predicted molar refractivity (Wildman–Crippen MR) is 69.0 cm³/mol. The molecule has 0 amide bonds. The molecule has 0 heteroatoms. The second-order valence-corrected chi connectivity index (χ2v) is 5.95. The minimum atomic E-state index is 0.963. The van der Waals surface area contributed by atoms with Crippen LogP contribution in [0, 0.1) is 23.7 Å². The summed E-state index contributed by atoms with van der Waals surface area (Å²) in [6, 6.07) is 0. The van der Waals surface area contributed by atoms with Crippen molar-refractivity contribution in [3.05, 3.63) is 0 Å². The van der Waals surface area contributed by atoms with E-state index < -0.39 is 0 Å². The average molecular weight is 210 g/mol. The quantitative estimate of drug-likeness (QED) is 0.560. The summed E-state index contributed by atoms with van der Waals surface area (Å²) in [6.07, 6.45) is 10.2. The maximum absolute atomic E-state index is 2.49. The van der Waals surface area contributed by atoms with E-state index in [0.29, 0.717) is 0 Å². The van der Waals surface area contributed by atoms with Crippen LogP contribution in [0.5, 0.6) is 0 Å². The average Bonchev–Trinajstić information content (AvgIpc) is 2.60. The third kappa shape index (κ3) is 4.17. The van der Waals surface area contributed by atoms with E-state index in [0.717, 1.165) is 23.7 Å². The molecule has 0 aliphatic heterocycles. The van der Waals surface area contributed by atoms with Crippen molar-refractivity contribution in [2.24, 2.45) is 23.7 Å². The zero-order valence-electron chi connectivity index (χ0n) is 11.3. The lowest BCUT2D eigenvalue weighted by molar-refractivity contribution is 0.263. The van der Waals surface area contributed by atoms with E-state index in [2.05, 4.69) is 27.7 Å². The van der Waals surface area contributed by atoms with Crippen LogP contribution in [0.15, 0.2) is 0 Å². The molecular weight excluding hydrogens is 180 g/mol. The van der Waals surface area contributed by atoms with Gasteiger partial charge in [-0.3, -0.25) is 0 Å². The van der Waals surface area contributed by atoms with Crippen molar-refractivity contribution < 1.29 is 0 Å². The van der Waals surface area contributed by atoms with Gasteiger partial charge in [0.15, 0.2) is 0 Å². The molecule has 1 saturated carbocycles. The van der Waals surface area contributed by atoms with Gasteiger partial charge in [-0.05, 0) is 36.5 Å². The Hall–Kier alpha value is 0. The molecule has 0 aromatic rings. The van der Waals surface area contributed by atoms with E-state index in [1.165, 1.54) is 44.9 Å². The molecule has 0 heterocycles. The lowest BCUT2D eigenvalue weighted by Crippen LogP contribution is -2.14. The standard InChI is InChI=1S/C15H30/c1-5-7-15(6-2)13(4)11-14-9-8-12(3)10-14/h12-15H,5-11H2,1-4H3. The van der Waals surface area contributed by atoms with Crippen LogP contribution in [0.1, 0.15) is 72.6 Å². The third-order valence-electron chi connectivity index (χ3n) is 4.50. The second kappa shape index (κ2) is 6.55. The first-order valence-corrected chi connectivity index (χ1v) is 7.17. The highest BCUT2D eigenvalue weighted by Crippen LogP contribution is 2.37. The molecule has 0 aromatic heterocycles. The van der Waals surface area contributed by atoms with Crippen molar-refractivity contribution in [3.8, 4) is 0 Å². The van der Waals surface area contributed by atoms with Gasteiger partial charge in [-0.2, -0.15) is 0 Å². The molecule has 0 bridgehead atoms. The molecule has 0 nitrogen and oxygen atoms in total. The Morgan fingerprint density at radius 1 is 1.20 bits per heavy atom. The van der Waals surface area contributed by atoms with Crippen molar-refractivity contribution in [1.29, 1.82) is 0 Å². The van der Waals surface area contributed by atoms with Gasteiger partial charge in [0.05, 0.1) is 0 Å². The Morgan fingerprint density at radius 2 is 1.93 bits per heavy atom. The fourth-order valence-electron chi connectivity index (χ4n) is 3.52. The molecule has 4 atom stereocenters. The van der Waals surface area contributed by atoms with Gasteiger partial charge in [0.25, 0.3) is 0 Å². The van der Waals surface area contributed by atoms with E-state index >= 15 is 0 Å². The van der Waals surface area contributed by atoms with Gasteiger partial charge >= 0.3 is 0 Å². The lowest BCUT2D eigenvalue weighted by atomic mass is 9.81. The zero-order valence-corrected chi connectivity index (χ0v) is 11.3. The molecule has 90 valence electrons. The highest BCUT2D eigenvalue weighted by Gasteiger charge is 2.25. The summed E-state index contributed by atoms with van der Waals surface area (Å²) in [6.45, 7) is 9.61. The molecule has 1 aliphatic carbocycles. The van der Waals surface area contributed by atoms with Crippen molar-refractivity contribution in [2.75, 3.05) is 0 Å². The maximum Gasteiger partial charge on any atom is -0.0391 e. The van der Waals surface area contributed by atoms with Crippen LogP contribution in [0.3, 0.4) is 0 Å². The molecular formula is C15H30. The third-order valence-corrected chi connectivity index (χ3v) is 4.50. The summed E-state index contributed by atoms with van der Waals surface area (Å²) in [5, 5.41) is 0. The van der Waals surface area contributed by atoms with Crippen LogP contribution < -0.4 is 0 Å². The van der Waals surface area contributed by atoms with Crippen molar-refractivity contribution in [3.63, 3.8) is 0 Å². The van der Waals surface area contributed by atoms with Gasteiger partial charge in [-0.15, -0.1) is 0 Å². The fourth-order valence-corrected chi connectivity index (χ4v) is 3.52. The van der Waals surface area contributed by atoms with E-state index in [9.17, 15) is 0 Å². The summed E-state index contributed by atoms with van der Waals surface area (Å²) in [7, 11) is 0. The lowest BCUT2D eigenvalue weighted by Gasteiger charge is -2.25. The summed E-state index contributed by atoms with van der Waals surface area (Å²) in [5.74, 6) is 4.02. The second-order valence-electron chi connectivity index (χ2n) is 5.95. The maximum atomic E-state index is 2.49. The summed E-state index contributed by atoms with van der Waals surface area (Å²) in [5.41, 5.74) is 0. The smallest absolute Gasteiger partial charge is 0.0391 e. The Kier molecular flexibility index (Phi) is 5.71. The van der Waals surface area contributed by atoms with Gasteiger partial charge in [0, 0.05) is 0 Å². The SMILES string of the molecule is CCCC(CC)C(C)CC1CCC(C)C1. The zero-order chi connectivity index (χ0) is 11.3. The van der Waals surface area contributed by atoms with Gasteiger partial charge < -0.3 is 0 Å². The normalized spacial score (nSPS) is 30.4. The number of hydrogen-bond donors (Lipinski definition) is 0. The molecule has 1 fully saturated rings. The van der Waals surface area contributed by atoms with Crippen LogP contribution >= 0.6 is 0 Å². The van der Waals surface area contributed by atoms with Crippen LogP contribution in [0.25, 0.3) is 0 Å². The molecule has 0 saturated heterocycles. The van der Waals surface area contributed by atoms with Gasteiger partial charge in [-0.1, -0.05) is 59.8 Å². The van der Waals surface area contributed by atoms with Crippen molar-refractivity contribution in [2.45, 2.75) is 72.6 Å². The molecule has 0 radical (unpaired) electrons. The Morgan fingerprint density at radius 3 is 2.40 bits per heavy atom. The molecule has 1 aliphatic rings. The molecule has 4 unspecified atom stereocenters.